The van der Waals surface area contributed by atoms with Gasteiger partial charge in [0.1, 0.15) is 11.9 Å². The molecule has 0 saturated heterocycles. The van der Waals surface area contributed by atoms with Crippen LogP contribution >= 0.6 is 0 Å². The predicted octanol–water partition coefficient (Wildman–Crippen LogP) is 3.17. The minimum atomic E-state index is -1.01. The molecule has 0 spiro atoms. The highest BCUT2D eigenvalue weighted by Gasteiger charge is 2.18. The van der Waals surface area contributed by atoms with E-state index in [1.807, 2.05) is 26.0 Å². The van der Waals surface area contributed by atoms with Gasteiger partial charge in [-0.1, -0.05) is 30.7 Å². The maximum absolute atomic E-state index is 13.8. The molecule has 1 atom stereocenters. The van der Waals surface area contributed by atoms with Gasteiger partial charge >= 0.3 is 0 Å². The van der Waals surface area contributed by atoms with E-state index in [0.717, 1.165) is 17.5 Å². The van der Waals surface area contributed by atoms with Crippen molar-refractivity contribution in [3.63, 3.8) is 0 Å². The van der Waals surface area contributed by atoms with Gasteiger partial charge < -0.3 is 5.11 Å². The lowest BCUT2D eigenvalue weighted by Gasteiger charge is -2.15. The fraction of sp³-hybridized carbons (Fsp3) is 0.267. The zero-order valence-electron chi connectivity index (χ0n) is 10.5. The molecule has 1 heterocycles. The second kappa shape index (κ2) is 5.27. The van der Waals surface area contributed by atoms with E-state index >= 15 is 0 Å². The molecule has 18 heavy (non-hydrogen) atoms. The van der Waals surface area contributed by atoms with Crippen molar-refractivity contribution in [3.05, 3.63) is 64.7 Å². The minimum absolute atomic E-state index is 0.281. The minimum Gasteiger partial charge on any atom is -0.382 e. The third kappa shape index (κ3) is 2.41. The molecule has 0 radical (unpaired) electrons. The highest BCUT2D eigenvalue weighted by molar-refractivity contribution is 5.34. The highest BCUT2D eigenvalue weighted by atomic mass is 19.1. The number of aliphatic hydroxyl groups excluding tert-OH is 1. The van der Waals surface area contributed by atoms with Gasteiger partial charge in [0.2, 0.25) is 0 Å². The number of rotatable bonds is 3. The first-order valence-electron chi connectivity index (χ1n) is 6.01. The average molecular weight is 245 g/mol. The van der Waals surface area contributed by atoms with Crippen molar-refractivity contribution < 1.29 is 9.50 Å². The third-order valence-electron chi connectivity index (χ3n) is 3.01. The summed E-state index contributed by atoms with van der Waals surface area (Å²) in [5.41, 5.74) is 2.67. The molecule has 2 aromatic rings. The van der Waals surface area contributed by atoms with E-state index in [1.165, 1.54) is 6.07 Å². The van der Waals surface area contributed by atoms with Crippen LogP contribution in [-0.4, -0.2) is 10.1 Å². The van der Waals surface area contributed by atoms with Gasteiger partial charge in [-0.25, -0.2) is 4.39 Å². The Hall–Kier alpha value is -1.74. The van der Waals surface area contributed by atoms with Crippen LogP contribution in [0, 0.1) is 12.7 Å². The van der Waals surface area contributed by atoms with Gasteiger partial charge in [0.15, 0.2) is 0 Å². The molecule has 0 amide bonds. The van der Waals surface area contributed by atoms with E-state index in [1.54, 1.807) is 18.3 Å². The van der Waals surface area contributed by atoms with Gasteiger partial charge in [-0.2, -0.15) is 0 Å². The van der Waals surface area contributed by atoms with Gasteiger partial charge in [0.25, 0.3) is 0 Å². The fourth-order valence-electron chi connectivity index (χ4n) is 2.02. The summed E-state index contributed by atoms with van der Waals surface area (Å²) in [5.74, 6) is -0.402. The summed E-state index contributed by atoms with van der Waals surface area (Å²) in [6.07, 6.45) is 1.36. The topological polar surface area (TPSA) is 33.1 Å². The lowest BCUT2D eigenvalue weighted by atomic mass is 9.99. The quantitative estimate of drug-likeness (QED) is 0.901. The van der Waals surface area contributed by atoms with Crippen molar-refractivity contribution in [1.29, 1.82) is 0 Å². The highest BCUT2D eigenvalue weighted by Crippen LogP contribution is 2.26. The summed E-state index contributed by atoms with van der Waals surface area (Å²) in [6, 6.07) is 8.45. The molecule has 2 rings (SSSR count). The van der Waals surface area contributed by atoms with Gasteiger partial charge in [0.05, 0.1) is 5.69 Å². The molecule has 3 heteroatoms. The number of halogens is 1. The summed E-state index contributed by atoms with van der Waals surface area (Å²) in [5, 5.41) is 10.3. The lowest BCUT2D eigenvalue weighted by Crippen LogP contribution is -2.08. The van der Waals surface area contributed by atoms with E-state index in [4.69, 9.17) is 0 Å². The van der Waals surface area contributed by atoms with Gasteiger partial charge in [-0.3, -0.25) is 4.98 Å². The fourth-order valence-corrected chi connectivity index (χ4v) is 2.02. The van der Waals surface area contributed by atoms with E-state index in [9.17, 15) is 9.50 Å². The van der Waals surface area contributed by atoms with Crippen LogP contribution < -0.4 is 0 Å². The number of pyridine rings is 1. The van der Waals surface area contributed by atoms with Crippen LogP contribution in [0.3, 0.4) is 0 Å². The molecule has 0 bridgehead atoms. The van der Waals surface area contributed by atoms with Crippen LogP contribution in [0.25, 0.3) is 0 Å². The largest absolute Gasteiger partial charge is 0.382 e. The van der Waals surface area contributed by atoms with Crippen LogP contribution in [0.5, 0.6) is 0 Å². The number of aliphatic hydroxyl groups is 1. The maximum atomic E-state index is 13.8. The maximum Gasteiger partial charge on any atom is 0.129 e. The van der Waals surface area contributed by atoms with Crippen molar-refractivity contribution in [3.8, 4) is 0 Å². The number of benzene rings is 1. The normalized spacial score (nSPS) is 12.4. The van der Waals surface area contributed by atoms with Gasteiger partial charge in [-0.05, 0) is 31.0 Å². The SMILES string of the molecule is CCc1cccnc1C(O)c1cc(C)ccc1F. The van der Waals surface area contributed by atoms with Crippen LogP contribution in [0.2, 0.25) is 0 Å². The Morgan fingerprint density at radius 3 is 2.83 bits per heavy atom. The number of aryl methyl sites for hydroxylation is 2. The van der Waals surface area contributed by atoms with Crippen LogP contribution in [0.1, 0.15) is 35.4 Å². The molecule has 1 aromatic carbocycles. The summed E-state index contributed by atoms with van der Waals surface area (Å²) in [4.78, 5) is 4.18. The van der Waals surface area contributed by atoms with Crippen molar-refractivity contribution in [1.82, 2.24) is 4.98 Å². The van der Waals surface area contributed by atoms with Crippen molar-refractivity contribution >= 4 is 0 Å². The van der Waals surface area contributed by atoms with Gasteiger partial charge in [0, 0.05) is 11.8 Å². The standard InChI is InChI=1S/C15H16FNO/c1-3-11-5-4-8-17-14(11)15(18)12-9-10(2)6-7-13(12)16/h4-9,15,18H,3H2,1-2H3. The van der Waals surface area contributed by atoms with Crippen molar-refractivity contribution in [2.45, 2.75) is 26.4 Å². The summed E-state index contributed by atoms with van der Waals surface area (Å²) < 4.78 is 13.8. The van der Waals surface area contributed by atoms with E-state index in [0.29, 0.717) is 5.69 Å². The first-order valence-corrected chi connectivity index (χ1v) is 6.01. The molecule has 2 nitrogen and oxygen atoms in total. The van der Waals surface area contributed by atoms with Crippen molar-refractivity contribution in [2.24, 2.45) is 0 Å². The second-order valence-electron chi connectivity index (χ2n) is 4.33. The monoisotopic (exact) mass is 245 g/mol. The third-order valence-corrected chi connectivity index (χ3v) is 3.01. The number of hydrogen-bond acceptors (Lipinski definition) is 2. The Morgan fingerprint density at radius 1 is 1.33 bits per heavy atom. The molecule has 1 aromatic heterocycles. The number of aromatic nitrogens is 1. The molecule has 0 aliphatic heterocycles. The Kier molecular flexibility index (Phi) is 3.72. The Labute approximate surface area is 106 Å². The average Bonchev–Trinajstić information content (AvgIpc) is 2.40. The molecule has 0 aliphatic carbocycles. The molecular formula is C15H16FNO. The first-order chi connectivity index (χ1) is 8.63. The summed E-state index contributed by atoms with van der Waals surface area (Å²) in [6.45, 7) is 3.86. The van der Waals surface area contributed by atoms with Crippen LogP contribution in [0.15, 0.2) is 36.5 Å². The molecule has 1 N–H and O–H groups in total. The van der Waals surface area contributed by atoms with Crippen LogP contribution in [0.4, 0.5) is 4.39 Å². The Bertz CT molecular complexity index is 554. The lowest BCUT2D eigenvalue weighted by molar-refractivity contribution is 0.209. The smallest absolute Gasteiger partial charge is 0.129 e. The van der Waals surface area contributed by atoms with Crippen LogP contribution in [-0.2, 0) is 6.42 Å². The Morgan fingerprint density at radius 2 is 2.11 bits per heavy atom. The zero-order chi connectivity index (χ0) is 13.1. The summed E-state index contributed by atoms with van der Waals surface area (Å²) >= 11 is 0. The number of hydrogen-bond donors (Lipinski definition) is 1. The predicted molar refractivity (Wildman–Crippen MR) is 68.8 cm³/mol. The van der Waals surface area contributed by atoms with Crippen molar-refractivity contribution in [2.75, 3.05) is 0 Å². The van der Waals surface area contributed by atoms with E-state index < -0.39 is 11.9 Å². The summed E-state index contributed by atoms with van der Waals surface area (Å²) in [7, 11) is 0. The molecule has 0 saturated carbocycles. The molecule has 0 fully saturated rings. The molecule has 1 unspecified atom stereocenters. The van der Waals surface area contributed by atoms with Gasteiger partial charge in [-0.15, -0.1) is 0 Å². The van der Waals surface area contributed by atoms with E-state index in [2.05, 4.69) is 4.98 Å². The molecule has 0 aliphatic rings. The van der Waals surface area contributed by atoms with E-state index in [-0.39, 0.29) is 5.56 Å². The molecular weight excluding hydrogens is 229 g/mol. The number of nitrogens with zero attached hydrogens (tertiary/aromatic N) is 1. The zero-order valence-corrected chi connectivity index (χ0v) is 10.5. The second-order valence-corrected chi connectivity index (χ2v) is 4.33. The first kappa shape index (κ1) is 12.7. The Balaban J connectivity index is 2.47. The molecule has 94 valence electrons.